The number of primary amides is 1. The third kappa shape index (κ3) is 11.7. The fourth-order valence-corrected chi connectivity index (χ4v) is 2.50. The van der Waals surface area contributed by atoms with Gasteiger partial charge in [-0.05, 0) is 19.8 Å². The van der Waals surface area contributed by atoms with E-state index in [9.17, 15) is 38.7 Å². The molecular formula is C18H29N5O11. The third-order valence-corrected chi connectivity index (χ3v) is 4.41. The number of hydrogen-bond acceptors (Lipinski definition) is 9. The van der Waals surface area contributed by atoms with E-state index in [1.807, 2.05) is 5.32 Å². The van der Waals surface area contributed by atoms with Gasteiger partial charge in [0.2, 0.25) is 23.6 Å². The lowest BCUT2D eigenvalue weighted by Gasteiger charge is -2.25. The summed E-state index contributed by atoms with van der Waals surface area (Å²) in [5.41, 5.74) is 10.5. The van der Waals surface area contributed by atoms with Crippen molar-refractivity contribution in [1.29, 1.82) is 0 Å². The molecule has 4 amide bonds. The number of aliphatic carboxylic acids is 3. The van der Waals surface area contributed by atoms with Crippen LogP contribution in [0.2, 0.25) is 0 Å². The minimum atomic E-state index is -1.86. The zero-order valence-electron chi connectivity index (χ0n) is 18.2. The molecule has 0 saturated carbocycles. The molecule has 0 bridgehead atoms. The van der Waals surface area contributed by atoms with Crippen molar-refractivity contribution >= 4 is 41.5 Å². The first kappa shape index (κ1) is 30.2. The van der Waals surface area contributed by atoms with E-state index >= 15 is 0 Å². The molecule has 0 aliphatic heterocycles. The molecule has 0 aromatic carbocycles. The Bertz CT molecular complexity index is 801. The Kier molecular flexibility index (Phi) is 12.8. The highest BCUT2D eigenvalue weighted by atomic mass is 16.4. The molecule has 11 N–H and O–H groups in total. The summed E-state index contributed by atoms with van der Waals surface area (Å²) in [6.07, 6.45) is -4.17. The SMILES string of the molecule is CC(O)C(N)C(=O)NC(CCC(=O)O)C(=O)NC(CCC(N)=O)C(=O)NC(CC(=O)O)C(=O)O. The van der Waals surface area contributed by atoms with Crippen LogP contribution in [0.1, 0.15) is 39.0 Å². The standard InChI is InChI=1S/C18H29N5O11/c1-7(24)14(20)17(32)22-9(3-5-12(26)27)15(30)21-8(2-4-11(19)25)16(31)23-10(18(33)34)6-13(28)29/h7-10,14,24H,2-6,20H2,1H3,(H2,19,25)(H,21,30)(H,22,32)(H,23,31)(H,26,27)(H,28,29)(H,33,34). The Balaban J connectivity index is 5.66. The van der Waals surface area contributed by atoms with Crippen molar-refractivity contribution < 1.29 is 54.0 Å². The molecule has 0 rings (SSSR count). The number of aliphatic hydroxyl groups is 1. The molecule has 0 fully saturated rings. The average molecular weight is 491 g/mol. The molecule has 16 nitrogen and oxygen atoms in total. The zero-order valence-corrected chi connectivity index (χ0v) is 18.2. The summed E-state index contributed by atoms with van der Waals surface area (Å²) < 4.78 is 0. The molecule has 5 unspecified atom stereocenters. The van der Waals surface area contributed by atoms with E-state index in [4.69, 9.17) is 26.8 Å². The summed E-state index contributed by atoms with van der Waals surface area (Å²) in [5.74, 6) is -8.62. The van der Waals surface area contributed by atoms with Crippen molar-refractivity contribution in [1.82, 2.24) is 16.0 Å². The highest BCUT2D eigenvalue weighted by Crippen LogP contribution is 2.05. The zero-order chi connectivity index (χ0) is 26.6. The van der Waals surface area contributed by atoms with Gasteiger partial charge >= 0.3 is 17.9 Å². The van der Waals surface area contributed by atoms with Gasteiger partial charge in [-0.2, -0.15) is 0 Å². The average Bonchev–Trinajstić information content (AvgIpc) is 2.71. The molecule has 0 spiro atoms. The monoisotopic (exact) mass is 491 g/mol. The molecule has 0 saturated heterocycles. The van der Waals surface area contributed by atoms with E-state index in [2.05, 4.69) is 10.6 Å². The fraction of sp³-hybridized carbons (Fsp3) is 0.611. The third-order valence-electron chi connectivity index (χ3n) is 4.41. The molecule has 0 aliphatic carbocycles. The van der Waals surface area contributed by atoms with Crippen LogP contribution in [0.4, 0.5) is 0 Å². The number of aliphatic hydroxyl groups excluding tert-OH is 1. The Morgan fingerprint density at radius 3 is 1.56 bits per heavy atom. The number of nitrogens with two attached hydrogens (primary N) is 2. The van der Waals surface area contributed by atoms with Crippen LogP contribution in [0.25, 0.3) is 0 Å². The summed E-state index contributed by atoms with van der Waals surface area (Å²) in [6.45, 7) is 1.21. The molecule has 34 heavy (non-hydrogen) atoms. The minimum Gasteiger partial charge on any atom is -0.481 e. The van der Waals surface area contributed by atoms with Gasteiger partial charge in [0.1, 0.15) is 24.2 Å². The van der Waals surface area contributed by atoms with E-state index < -0.39 is 104 Å². The van der Waals surface area contributed by atoms with Gasteiger partial charge in [-0.1, -0.05) is 0 Å². The van der Waals surface area contributed by atoms with Crippen LogP contribution in [-0.2, 0) is 33.6 Å². The second kappa shape index (κ2) is 14.4. The van der Waals surface area contributed by atoms with Crippen LogP contribution >= 0.6 is 0 Å². The summed E-state index contributed by atoms with van der Waals surface area (Å²) in [5, 5.41) is 42.4. The van der Waals surface area contributed by atoms with Gasteiger partial charge < -0.3 is 47.8 Å². The predicted molar refractivity (Wildman–Crippen MR) is 111 cm³/mol. The molecule has 16 heteroatoms. The number of carboxylic acids is 3. The van der Waals surface area contributed by atoms with Crippen molar-refractivity contribution in [2.75, 3.05) is 0 Å². The normalized spacial score (nSPS) is 15.0. The number of carboxylic acid groups (broad SMARTS) is 3. The van der Waals surface area contributed by atoms with Crippen molar-refractivity contribution in [2.24, 2.45) is 11.5 Å². The Morgan fingerprint density at radius 2 is 1.18 bits per heavy atom. The molecule has 0 radical (unpaired) electrons. The summed E-state index contributed by atoms with van der Waals surface area (Å²) in [7, 11) is 0. The van der Waals surface area contributed by atoms with Gasteiger partial charge in [0.15, 0.2) is 0 Å². The number of rotatable bonds is 16. The summed E-state index contributed by atoms with van der Waals surface area (Å²) >= 11 is 0. The lowest BCUT2D eigenvalue weighted by molar-refractivity contribution is -0.147. The van der Waals surface area contributed by atoms with E-state index in [1.54, 1.807) is 0 Å². The smallest absolute Gasteiger partial charge is 0.326 e. The van der Waals surface area contributed by atoms with E-state index in [0.29, 0.717) is 0 Å². The summed E-state index contributed by atoms with van der Waals surface area (Å²) in [4.78, 5) is 81.4. The number of carbonyl (C=O) groups is 7. The van der Waals surface area contributed by atoms with Gasteiger partial charge in [0.25, 0.3) is 0 Å². The van der Waals surface area contributed by atoms with Gasteiger partial charge in [0.05, 0.1) is 12.5 Å². The molecule has 0 aromatic rings. The van der Waals surface area contributed by atoms with Crippen molar-refractivity contribution in [3.05, 3.63) is 0 Å². The molecular weight excluding hydrogens is 462 g/mol. The van der Waals surface area contributed by atoms with Crippen LogP contribution in [0, 0.1) is 0 Å². The van der Waals surface area contributed by atoms with Gasteiger partial charge in [-0.3, -0.25) is 28.8 Å². The van der Waals surface area contributed by atoms with Crippen LogP contribution in [0.3, 0.4) is 0 Å². The molecule has 192 valence electrons. The van der Waals surface area contributed by atoms with Crippen molar-refractivity contribution in [3.63, 3.8) is 0 Å². The van der Waals surface area contributed by atoms with Crippen LogP contribution < -0.4 is 27.4 Å². The highest BCUT2D eigenvalue weighted by molar-refractivity contribution is 5.95. The van der Waals surface area contributed by atoms with Gasteiger partial charge in [-0.25, -0.2) is 4.79 Å². The lowest BCUT2D eigenvalue weighted by Crippen LogP contribution is -2.58. The maximum Gasteiger partial charge on any atom is 0.326 e. The topological polar surface area (TPSA) is 289 Å². The second-order valence-corrected chi connectivity index (χ2v) is 7.32. The maximum absolute atomic E-state index is 12.7. The Morgan fingerprint density at radius 1 is 0.735 bits per heavy atom. The lowest BCUT2D eigenvalue weighted by atomic mass is 10.1. The van der Waals surface area contributed by atoms with E-state index in [-0.39, 0.29) is 0 Å². The Labute approximate surface area is 193 Å². The highest BCUT2D eigenvalue weighted by Gasteiger charge is 2.32. The van der Waals surface area contributed by atoms with Crippen LogP contribution in [0.5, 0.6) is 0 Å². The first-order chi connectivity index (χ1) is 15.6. The molecule has 0 aromatic heterocycles. The fourth-order valence-electron chi connectivity index (χ4n) is 2.50. The minimum absolute atomic E-state index is 0.418. The molecule has 5 atom stereocenters. The number of hydrogen-bond donors (Lipinski definition) is 9. The first-order valence-electron chi connectivity index (χ1n) is 9.95. The molecule has 0 heterocycles. The van der Waals surface area contributed by atoms with E-state index in [1.165, 1.54) is 6.92 Å². The first-order valence-corrected chi connectivity index (χ1v) is 9.95. The van der Waals surface area contributed by atoms with Gasteiger partial charge in [-0.15, -0.1) is 0 Å². The summed E-state index contributed by atoms with van der Waals surface area (Å²) in [6, 6.07) is -6.44. The largest absolute Gasteiger partial charge is 0.481 e. The Hall–Kier alpha value is -3.79. The van der Waals surface area contributed by atoms with E-state index in [0.717, 1.165) is 0 Å². The maximum atomic E-state index is 12.7. The number of nitrogens with one attached hydrogen (secondary N) is 3. The van der Waals surface area contributed by atoms with Crippen LogP contribution in [-0.4, -0.2) is 92.2 Å². The number of amides is 4. The van der Waals surface area contributed by atoms with Gasteiger partial charge in [0, 0.05) is 12.8 Å². The second-order valence-electron chi connectivity index (χ2n) is 7.32. The number of carbonyl (C=O) groups excluding carboxylic acids is 4. The molecule has 0 aliphatic rings. The van der Waals surface area contributed by atoms with Crippen LogP contribution in [0.15, 0.2) is 0 Å². The van der Waals surface area contributed by atoms with Crippen molar-refractivity contribution in [2.45, 2.75) is 69.3 Å². The quantitative estimate of drug-likeness (QED) is 0.0993. The van der Waals surface area contributed by atoms with Crippen molar-refractivity contribution in [3.8, 4) is 0 Å². The predicted octanol–water partition coefficient (Wildman–Crippen LogP) is -4.16.